The minimum Gasteiger partial charge on any atom is -0.472 e. The van der Waals surface area contributed by atoms with Crippen molar-refractivity contribution in [3.05, 3.63) is 0 Å². The fourth-order valence-electron chi connectivity index (χ4n) is 0.690. The number of carboxylic acid groups (broad SMARTS) is 1. The number of amides is 1. The van der Waals surface area contributed by atoms with E-state index in [0.717, 1.165) is 0 Å². The molecule has 0 aliphatic heterocycles. The molecule has 0 heterocycles. The molecule has 0 radical (unpaired) electrons. The maximum Gasteiger partial charge on any atom is 0.408 e. The molecule has 0 rings (SSSR count). The average molecular weight is 213 g/mol. The first-order chi connectivity index (χ1) is 6.70. The molecule has 0 fully saturated rings. The maximum atomic E-state index is 11.2. The molecule has 2 N–H and O–H groups in total. The highest BCUT2D eigenvalue weighted by molar-refractivity contribution is 5.86. The Bertz CT molecular complexity index is 306. The molecule has 0 saturated carbocycles. The van der Waals surface area contributed by atoms with Gasteiger partial charge in [0.15, 0.2) is 0 Å². The average Bonchev–Trinajstić information content (AvgIpc) is 1.96. The van der Waals surface area contributed by atoms with Crippen LogP contribution in [0.15, 0.2) is 0 Å². The van der Waals surface area contributed by atoms with Crippen molar-refractivity contribution in [2.45, 2.75) is 39.3 Å². The van der Waals surface area contributed by atoms with Crippen LogP contribution in [0.1, 0.15) is 27.7 Å². The van der Waals surface area contributed by atoms with Crippen LogP contribution in [-0.2, 0) is 9.53 Å². The van der Waals surface area contributed by atoms with Crippen LogP contribution in [0, 0.1) is 11.8 Å². The summed E-state index contributed by atoms with van der Waals surface area (Å²) in [6.45, 7) is 6.78. The molecule has 0 aliphatic rings. The fraction of sp³-hybridized carbons (Fsp3) is 0.600. The van der Waals surface area contributed by atoms with E-state index in [1.165, 1.54) is 0 Å². The highest BCUT2D eigenvalue weighted by Crippen LogP contribution is 2.06. The Balaban J connectivity index is 4.10. The summed E-state index contributed by atoms with van der Waals surface area (Å²) in [6.07, 6.45) is -0.616. The van der Waals surface area contributed by atoms with Crippen LogP contribution < -0.4 is 5.32 Å². The van der Waals surface area contributed by atoms with Gasteiger partial charge < -0.3 is 15.2 Å². The number of carbonyl (C=O) groups excluding carboxylic acids is 1. The van der Waals surface area contributed by atoms with Gasteiger partial charge in [0.25, 0.3) is 0 Å². The second-order valence-electron chi connectivity index (χ2n) is 3.94. The van der Waals surface area contributed by atoms with Crippen molar-refractivity contribution in [2.75, 3.05) is 0 Å². The third-order valence-electron chi connectivity index (χ3n) is 1.13. The van der Waals surface area contributed by atoms with Crippen LogP contribution in [0.25, 0.3) is 0 Å². The van der Waals surface area contributed by atoms with Crippen LogP contribution in [0.3, 0.4) is 0 Å². The monoisotopic (exact) mass is 213 g/mol. The van der Waals surface area contributed by atoms with Gasteiger partial charge in [0.2, 0.25) is 0 Å². The van der Waals surface area contributed by atoms with E-state index in [4.69, 9.17) is 9.84 Å². The van der Waals surface area contributed by atoms with E-state index >= 15 is 0 Å². The van der Waals surface area contributed by atoms with Gasteiger partial charge in [0.05, 0.1) is 6.04 Å². The highest BCUT2D eigenvalue weighted by Gasteiger charge is 2.16. The van der Waals surface area contributed by atoms with Gasteiger partial charge in [-0.05, 0) is 27.7 Å². The summed E-state index contributed by atoms with van der Waals surface area (Å²) in [7, 11) is 0. The summed E-state index contributed by atoms with van der Waals surface area (Å²) in [5.41, 5.74) is -0.579. The van der Waals surface area contributed by atoms with Crippen LogP contribution >= 0.6 is 0 Å². The Morgan fingerprint density at radius 1 is 1.40 bits per heavy atom. The summed E-state index contributed by atoms with van der Waals surface area (Å²) in [5, 5.41) is 10.7. The lowest BCUT2D eigenvalue weighted by Gasteiger charge is -2.20. The van der Waals surface area contributed by atoms with Crippen molar-refractivity contribution < 1.29 is 19.4 Å². The number of carboxylic acids is 1. The molecule has 0 aromatic carbocycles. The Morgan fingerprint density at radius 2 is 1.93 bits per heavy atom. The van der Waals surface area contributed by atoms with E-state index < -0.39 is 23.7 Å². The zero-order valence-electron chi connectivity index (χ0n) is 9.25. The second kappa shape index (κ2) is 5.25. The zero-order chi connectivity index (χ0) is 12.1. The SMILES string of the molecule is CC(C#CC(=O)O)NC(=O)OC(C)(C)C. The van der Waals surface area contributed by atoms with Crippen molar-refractivity contribution in [2.24, 2.45) is 0 Å². The number of hydrogen-bond donors (Lipinski definition) is 2. The quantitative estimate of drug-likeness (QED) is 0.637. The normalized spacial score (nSPS) is 12.0. The molecule has 0 spiro atoms. The number of nitrogens with one attached hydrogen (secondary N) is 1. The molecule has 1 unspecified atom stereocenters. The summed E-state index contributed by atoms with van der Waals surface area (Å²) in [5.74, 6) is 3.02. The van der Waals surface area contributed by atoms with Crippen LogP contribution in [0.5, 0.6) is 0 Å². The molecule has 5 nitrogen and oxygen atoms in total. The van der Waals surface area contributed by atoms with Crippen LogP contribution in [0.2, 0.25) is 0 Å². The number of rotatable bonds is 1. The number of carbonyl (C=O) groups is 2. The Labute approximate surface area is 88.8 Å². The predicted molar refractivity (Wildman–Crippen MR) is 54.2 cm³/mol. The van der Waals surface area contributed by atoms with E-state index in [0.29, 0.717) is 0 Å². The number of alkyl carbamates (subject to hydrolysis) is 1. The minimum atomic E-state index is -1.23. The lowest BCUT2D eigenvalue weighted by atomic mass is 10.2. The van der Waals surface area contributed by atoms with Gasteiger partial charge in [-0.1, -0.05) is 5.92 Å². The summed E-state index contributed by atoms with van der Waals surface area (Å²) >= 11 is 0. The molecule has 15 heavy (non-hydrogen) atoms. The Hall–Kier alpha value is -1.70. The largest absolute Gasteiger partial charge is 0.472 e. The van der Waals surface area contributed by atoms with Crippen molar-refractivity contribution >= 4 is 12.1 Å². The smallest absolute Gasteiger partial charge is 0.408 e. The molecule has 0 aliphatic carbocycles. The van der Waals surface area contributed by atoms with E-state index in [1.54, 1.807) is 27.7 Å². The van der Waals surface area contributed by atoms with Gasteiger partial charge in [0, 0.05) is 5.92 Å². The molecule has 0 bridgehead atoms. The van der Waals surface area contributed by atoms with Gasteiger partial charge in [-0.15, -0.1) is 0 Å². The number of aliphatic carboxylic acids is 1. The first-order valence-corrected chi connectivity index (χ1v) is 4.44. The van der Waals surface area contributed by atoms with Gasteiger partial charge in [-0.3, -0.25) is 0 Å². The number of hydrogen-bond acceptors (Lipinski definition) is 3. The van der Waals surface area contributed by atoms with Crippen molar-refractivity contribution in [1.82, 2.24) is 5.32 Å². The third-order valence-corrected chi connectivity index (χ3v) is 1.13. The molecular formula is C10H15NO4. The topological polar surface area (TPSA) is 75.6 Å². The van der Waals surface area contributed by atoms with Crippen molar-refractivity contribution in [1.29, 1.82) is 0 Å². The molecular weight excluding hydrogens is 198 g/mol. The molecule has 0 aromatic heterocycles. The first kappa shape index (κ1) is 13.3. The summed E-state index contributed by atoms with van der Waals surface area (Å²) < 4.78 is 4.95. The van der Waals surface area contributed by atoms with Gasteiger partial charge in [-0.2, -0.15) is 0 Å². The predicted octanol–water partition coefficient (Wildman–Crippen LogP) is 0.988. The highest BCUT2D eigenvalue weighted by atomic mass is 16.6. The Morgan fingerprint density at radius 3 is 2.33 bits per heavy atom. The van der Waals surface area contributed by atoms with E-state index in [1.807, 2.05) is 5.92 Å². The van der Waals surface area contributed by atoms with Crippen LogP contribution in [-0.4, -0.2) is 28.8 Å². The minimum absolute atomic E-state index is 0.559. The van der Waals surface area contributed by atoms with E-state index in [9.17, 15) is 9.59 Å². The van der Waals surface area contributed by atoms with Crippen LogP contribution in [0.4, 0.5) is 4.79 Å². The number of ether oxygens (including phenoxy) is 1. The molecule has 1 amide bonds. The Kier molecular flexibility index (Phi) is 4.65. The van der Waals surface area contributed by atoms with Gasteiger partial charge in [-0.25, -0.2) is 9.59 Å². The first-order valence-electron chi connectivity index (χ1n) is 4.44. The third kappa shape index (κ3) is 8.63. The lowest BCUT2D eigenvalue weighted by Crippen LogP contribution is -2.37. The molecule has 84 valence electrons. The molecule has 5 heteroatoms. The summed E-state index contributed by atoms with van der Waals surface area (Å²) in [6, 6.07) is -0.559. The molecule has 0 aromatic rings. The van der Waals surface area contributed by atoms with E-state index in [2.05, 4.69) is 11.2 Å². The van der Waals surface area contributed by atoms with Crippen molar-refractivity contribution in [3.8, 4) is 11.8 Å². The zero-order valence-corrected chi connectivity index (χ0v) is 9.25. The molecule has 0 saturated heterocycles. The van der Waals surface area contributed by atoms with Gasteiger partial charge >= 0.3 is 12.1 Å². The van der Waals surface area contributed by atoms with Gasteiger partial charge in [0.1, 0.15) is 5.60 Å². The lowest BCUT2D eigenvalue weighted by molar-refractivity contribution is -0.130. The van der Waals surface area contributed by atoms with Crippen molar-refractivity contribution in [3.63, 3.8) is 0 Å². The standard InChI is InChI=1S/C10H15NO4/c1-7(5-6-8(12)13)11-9(14)15-10(2,3)4/h7H,1-4H3,(H,11,14)(H,12,13). The maximum absolute atomic E-state index is 11.2. The van der Waals surface area contributed by atoms with E-state index in [-0.39, 0.29) is 0 Å². The summed E-state index contributed by atoms with van der Waals surface area (Å²) in [4.78, 5) is 21.3. The molecule has 1 atom stereocenters. The fourth-order valence-corrected chi connectivity index (χ4v) is 0.690. The second-order valence-corrected chi connectivity index (χ2v) is 3.94.